The quantitative estimate of drug-likeness (QED) is 0.686. The lowest BCUT2D eigenvalue weighted by Crippen LogP contribution is -2.39. The smallest absolute Gasteiger partial charge is 0.332 e. The predicted octanol–water partition coefficient (Wildman–Crippen LogP) is 0.844. The molecule has 0 saturated heterocycles. The number of hydrogen-bond donors (Lipinski definition) is 1. The molecule has 0 spiro atoms. The van der Waals surface area contributed by atoms with Crippen LogP contribution in [-0.4, -0.2) is 28.6 Å². The van der Waals surface area contributed by atoms with Gasteiger partial charge >= 0.3 is 5.97 Å². The topological polar surface area (TPSA) is 63.6 Å². The van der Waals surface area contributed by atoms with E-state index < -0.39 is 17.7 Å². The predicted molar refractivity (Wildman–Crippen MR) is 42.9 cm³/mol. The van der Waals surface area contributed by atoms with E-state index in [-0.39, 0.29) is 5.78 Å². The molecule has 0 aliphatic heterocycles. The van der Waals surface area contributed by atoms with E-state index in [0.29, 0.717) is 0 Å². The standard InChI is InChI=1S/C8H14O4/c1-5(7(10)11)12-8(3,4)6(2)9/h5H,1-4H3,(H,10,11). The molecule has 0 aromatic carbocycles. The van der Waals surface area contributed by atoms with Crippen LogP contribution in [0, 0.1) is 0 Å². The number of carbonyl (C=O) groups is 2. The van der Waals surface area contributed by atoms with Crippen molar-refractivity contribution < 1.29 is 19.4 Å². The van der Waals surface area contributed by atoms with Crippen LogP contribution in [0.15, 0.2) is 0 Å². The minimum Gasteiger partial charge on any atom is -0.479 e. The summed E-state index contributed by atoms with van der Waals surface area (Å²) in [5.41, 5.74) is -1.02. The van der Waals surface area contributed by atoms with Gasteiger partial charge in [-0.1, -0.05) is 0 Å². The van der Waals surface area contributed by atoms with Gasteiger partial charge in [0, 0.05) is 0 Å². The first-order valence-corrected chi connectivity index (χ1v) is 3.69. The van der Waals surface area contributed by atoms with Crippen LogP contribution in [0.5, 0.6) is 0 Å². The van der Waals surface area contributed by atoms with Gasteiger partial charge in [-0.15, -0.1) is 0 Å². The molecule has 0 aliphatic carbocycles. The Morgan fingerprint density at radius 1 is 1.42 bits per heavy atom. The first kappa shape index (κ1) is 11.1. The van der Waals surface area contributed by atoms with Crippen LogP contribution >= 0.6 is 0 Å². The van der Waals surface area contributed by atoms with Crippen molar-refractivity contribution in [1.29, 1.82) is 0 Å². The molecule has 70 valence electrons. The third kappa shape index (κ3) is 3.00. The Kier molecular flexibility index (Phi) is 3.39. The third-order valence-corrected chi connectivity index (χ3v) is 1.67. The fourth-order valence-corrected chi connectivity index (χ4v) is 0.575. The Bertz CT molecular complexity index is 195. The van der Waals surface area contributed by atoms with Crippen molar-refractivity contribution in [3.8, 4) is 0 Å². The van der Waals surface area contributed by atoms with Gasteiger partial charge in [-0.3, -0.25) is 4.79 Å². The SMILES string of the molecule is CC(=O)C(C)(C)OC(C)C(=O)O. The third-order valence-electron chi connectivity index (χ3n) is 1.67. The molecule has 0 aromatic rings. The molecule has 0 fully saturated rings. The summed E-state index contributed by atoms with van der Waals surface area (Å²) in [6, 6.07) is 0. The molecule has 12 heavy (non-hydrogen) atoms. The maximum Gasteiger partial charge on any atom is 0.332 e. The number of carbonyl (C=O) groups excluding carboxylic acids is 1. The Morgan fingerprint density at radius 3 is 2.08 bits per heavy atom. The summed E-state index contributed by atoms with van der Waals surface area (Å²) in [5.74, 6) is -1.25. The molecular weight excluding hydrogens is 160 g/mol. The van der Waals surface area contributed by atoms with Crippen LogP contribution in [0.3, 0.4) is 0 Å². The Labute approximate surface area is 71.5 Å². The van der Waals surface area contributed by atoms with Gasteiger partial charge in [-0.2, -0.15) is 0 Å². The Hall–Kier alpha value is -0.900. The molecular formula is C8H14O4. The van der Waals surface area contributed by atoms with E-state index in [1.165, 1.54) is 13.8 Å². The summed E-state index contributed by atoms with van der Waals surface area (Å²) in [5, 5.41) is 8.49. The van der Waals surface area contributed by atoms with Gasteiger partial charge in [-0.05, 0) is 27.7 Å². The van der Waals surface area contributed by atoms with Crippen LogP contribution in [-0.2, 0) is 14.3 Å². The average Bonchev–Trinajstić information content (AvgIpc) is 1.85. The fourth-order valence-electron chi connectivity index (χ4n) is 0.575. The second-order valence-electron chi connectivity index (χ2n) is 3.16. The van der Waals surface area contributed by atoms with Gasteiger partial charge in [0.1, 0.15) is 5.60 Å². The van der Waals surface area contributed by atoms with Crippen LogP contribution in [0.4, 0.5) is 0 Å². The highest BCUT2D eigenvalue weighted by Crippen LogP contribution is 2.13. The summed E-state index contributed by atoms with van der Waals surface area (Å²) < 4.78 is 5.01. The van der Waals surface area contributed by atoms with Crippen LogP contribution in [0.1, 0.15) is 27.7 Å². The summed E-state index contributed by atoms with van der Waals surface area (Å²) in [6.45, 7) is 5.87. The highest BCUT2D eigenvalue weighted by atomic mass is 16.5. The van der Waals surface area contributed by atoms with E-state index >= 15 is 0 Å². The minimum absolute atomic E-state index is 0.185. The number of rotatable bonds is 4. The van der Waals surface area contributed by atoms with Crippen molar-refractivity contribution in [2.75, 3.05) is 0 Å². The van der Waals surface area contributed by atoms with Crippen molar-refractivity contribution in [3.05, 3.63) is 0 Å². The summed E-state index contributed by atoms with van der Waals surface area (Å²) in [6.07, 6.45) is -0.955. The molecule has 0 radical (unpaired) electrons. The van der Waals surface area contributed by atoms with E-state index in [1.54, 1.807) is 13.8 Å². The van der Waals surface area contributed by atoms with Crippen molar-refractivity contribution >= 4 is 11.8 Å². The van der Waals surface area contributed by atoms with Gasteiger partial charge in [0.25, 0.3) is 0 Å². The molecule has 0 bridgehead atoms. The minimum atomic E-state index is -1.07. The normalized spacial score (nSPS) is 14.0. The lowest BCUT2D eigenvalue weighted by molar-refractivity contribution is -0.164. The molecule has 0 heterocycles. The highest BCUT2D eigenvalue weighted by Gasteiger charge is 2.29. The number of ketones is 1. The van der Waals surface area contributed by atoms with E-state index in [9.17, 15) is 9.59 Å². The molecule has 1 N–H and O–H groups in total. The molecule has 1 atom stereocenters. The molecule has 0 amide bonds. The average molecular weight is 174 g/mol. The number of ether oxygens (including phenoxy) is 1. The monoisotopic (exact) mass is 174 g/mol. The summed E-state index contributed by atoms with van der Waals surface area (Å²) in [4.78, 5) is 21.3. The lowest BCUT2D eigenvalue weighted by atomic mass is 10.1. The van der Waals surface area contributed by atoms with Gasteiger partial charge < -0.3 is 9.84 Å². The van der Waals surface area contributed by atoms with E-state index in [4.69, 9.17) is 9.84 Å². The van der Waals surface area contributed by atoms with Gasteiger partial charge in [0.2, 0.25) is 0 Å². The summed E-state index contributed by atoms with van der Waals surface area (Å²) >= 11 is 0. The van der Waals surface area contributed by atoms with Gasteiger partial charge in [-0.25, -0.2) is 4.79 Å². The zero-order valence-electron chi connectivity index (χ0n) is 7.75. The fraction of sp³-hybridized carbons (Fsp3) is 0.750. The number of Topliss-reactive ketones (excluding diaryl/α,β-unsaturated/α-hetero) is 1. The first-order valence-electron chi connectivity index (χ1n) is 3.69. The maximum absolute atomic E-state index is 10.9. The molecule has 0 saturated carbocycles. The Morgan fingerprint density at radius 2 is 1.83 bits per heavy atom. The van der Waals surface area contributed by atoms with Gasteiger partial charge in [0.05, 0.1) is 0 Å². The molecule has 1 unspecified atom stereocenters. The second kappa shape index (κ2) is 3.67. The molecule has 0 aromatic heterocycles. The van der Waals surface area contributed by atoms with E-state index in [1.807, 2.05) is 0 Å². The lowest BCUT2D eigenvalue weighted by Gasteiger charge is -2.24. The van der Waals surface area contributed by atoms with Crippen molar-refractivity contribution in [3.63, 3.8) is 0 Å². The van der Waals surface area contributed by atoms with Crippen molar-refractivity contribution in [1.82, 2.24) is 0 Å². The van der Waals surface area contributed by atoms with Crippen LogP contribution in [0.25, 0.3) is 0 Å². The molecule has 4 nitrogen and oxygen atoms in total. The zero-order valence-corrected chi connectivity index (χ0v) is 7.75. The number of aliphatic carboxylic acids is 1. The van der Waals surface area contributed by atoms with E-state index in [2.05, 4.69) is 0 Å². The Balaban J connectivity index is 4.24. The van der Waals surface area contributed by atoms with Gasteiger partial charge in [0.15, 0.2) is 11.9 Å². The number of carboxylic acid groups (broad SMARTS) is 1. The second-order valence-corrected chi connectivity index (χ2v) is 3.16. The molecule has 4 heteroatoms. The van der Waals surface area contributed by atoms with Crippen molar-refractivity contribution in [2.45, 2.75) is 39.4 Å². The highest BCUT2D eigenvalue weighted by molar-refractivity contribution is 5.84. The molecule has 0 aliphatic rings. The molecule has 0 rings (SSSR count). The first-order chi connectivity index (χ1) is 5.27. The van der Waals surface area contributed by atoms with Crippen LogP contribution < -0.4 is 0 Å². The maximum atomic E-state index is 10.9. The summed E-state index contributed by atoms with van der Waals surface area (Å²) in [7, 11) is 0. The largest absolute Gasteiger partial charge is 0.479 e. The zero-order chi connectivity index (χ0) is 9.94. The number of carboxylic acids is 1. The van der Waals surface area contributed by atoms with Crippen LogP contribution in [0.2, 0.25) is 0 Å². The van der Waals surface area contributed by atoms with Crippen molar-refractivity contribution in [2.24, 2.45) is 0 Å². The number of hydrogen-bond acceptors (Lipinski definition) is 3. The van der Waals surface area contributed by atoms with E-state index in [0.717, 1.165) is 0 Å².